The highest BCUT2D eigenvalue weighted by Gasteiger charge is 2.54. The quantitative estimate of drug-likeness (QED) is 0.118. The van der Waals surface area contributed by atoms with Gasteiger partial charge in [-0.2, -0.15) is 0 Å². The molecule has 3 saturated heterocycles. The zero-order chi connectivity index (χ0) is 31.9. The highest BCUT2D eigenvalue weighted by Crippen LogP contribution is 2.36. The van der Waals surface area contributed by atoms with E-state index in [2.05, 4.69) is 10.6 Å². The van der Waals surface area contributed by atoms with Crippen molar-refractivity contribution in [1.82, 2.24) is 10.6 Å². The van der Waals surface area contributed by atoms with Crippen LogP contribution in [0.4, 0.5) is 0 Å². The predicted molar refractivity (Wildman–Crippen MR) is 152 cm³/mol. The van der Waals surface area contributed by atoms with Crippen molar-refractivity contribution in [3.8, 4) is 0 Å². The molecule has 5 rings (SSSR count). The summed E-state index contributed by atoms with van der Waals surface area (Å²) >= 11 is 0. The minimum Gasteiger partial charge on any atom is -0.394 e. The number of nitrogens with two attached hydrogens (primary N) is 4. The van der Waals surface area contributed by atoms with Crippen LogP contribution in [0.1, 0.15) is 38.5 Å². The lowest BCUT2D eigenvalue weighted by molar-refractivity contribution is -0.374. The first kappa shape index (κ1) is 34.6. The summed E-state index contributed by atoms with van der Waals surface area (Å²) in [6.45, 7) is -0.436. The molecule has 2 saturated carbocycles. The summed E-state index contributed by atoms with van der Waals surface area (Å²) in [6.07, 6.45) is -10.1. The average molecular weight is 637 g/mol. The third kappa shape index (κ3) is 7.09. The van der Waals surface area contributed by atoms with E-state index in [0.29, 0.717) is 0 Å². The molecule has 17 nitrogen and oxygen atoms in total. The fraction of sp³-hybridized carbons (Fsp3) is 1.00. The molecule has 0 aromatic carbocycles. The smallest absolute Gasteiger partial charge is 0.189 e. The molecule has 3 aliphatic heterocycles. The van der Waals surface area contributed by atoms with Crippen molar-refractivity contribution in [2.45, 2.75) is 155 Å². The van der Waals surface area contributed by atoms with E-state index in [1.54, 1.807) is 7.05 Å². The molecule has 44 heavy (non-hydrogen) atoms. The summed E-state index contributed by atoms with van der Waals surface area (Å²) in [6, 6.07) is -3.57. The Hall–Kier alpha value is -0.680. The molecule has 11 unspecified atom stereocenters. The van der Waals surface area contributed by atoms with E-state index in [1.807, 2.05) is 0 Å². The zero-order valence-electron chi connectivity index (χ0n) is 25.0. The van der Waals surface area contributed by atoms with E-state index < -0.39 is 111 Å². The molecule has 3 heterocycles. The summed E-state index contributed by atoms with van der Waals surface area (Å²) in [5.41, 5.74) is 24.4. The van der Waals surface area contributed by atoms with Crippen LogP contribution in [-0.2, 0) is 23.7 Å². The van der Waals surface area contributed by atoms with Crippen molar-refractivity contribution in [2.75, 3.05) is 13.7 Å². The van der Waals surface area contributed by atoms with Crippen LogP contribution in [0.15, 0.2) is 0 Å². The largest absolute Gasteiger partial charge is 0.394 e. The Morgan fingerprint density at radius 3 is 2.05 bits per heavy atom. The summed E-state index contributed by atoms with van der Waals surface area (Å²) < 4.78 is 30.1. The van der Waals surface area contributed by atoms with Crippen molar-refractivity contribution in [3.63, 3.8) is 0 Å². The van der Waals surface area contributed by atoms with Crippen LogP contribution in [0.25, 0.3) is 0 Å². The number of likely N-dealkylation sites (N-methyl/N-ethyl adjacent to an activating group) is 1. The van der Waals surface area contributed by atoms with Gasteiger partial charge in [0.1, 0.15) is 42.7 Å². The van der Waals surface area contributed by atoms with Gasteiger partial charge in [-0.1, -0.05) is 0 Å². The van der Waals surface area contributed by atoms with Gasteiger partial charge in [0.05, 0.1) is 36.9 Å². The fourth-order valence-electron chi connectivity index (χ4n) is 7.19. The molecule has 5 fully saturated rings. The Bertz CT molecular complexity index is 920. The van der Waals surface area contributed by atoms with E-state index in [-0.39, 0.29) is 24.9 Å². The van der Waals surface area contributed by atoms with Gasteiger partial charge >= 0.3 is 0 Å². The van der Waals surface area contributed by atoms with Crippen molar-refractivity contribution >= 4 is 0 Å². The van der Waals surface area contributed by atoms with Gasteiger partial charge in [-0.3, -0.25) is 0 Å². The molecule has 0 bridgehead atoms. The number of fused-ring (bicyclic) bond motifs is 1. The third-order valence-corrected chi connectivity index (χ3v) is 9.89. The molecule has 256 valence electrons. The van der Waals surface area contributed by atoms with Crippen molar-refractivity contribution in [2.24, 2.45) is 22.9 Å². The molecule has 0 spiro atoms. The highest BCUT2D eigenvalue weighted by molar-refractivity contribution is 5.02. The second-order valence-electron chi connectivity index (χ2n) is 13.0. The molecule has 0 amide bonds. The number of aliphatic hydroxyl groups is 6. The maximum Gasteiger partial charge on any atom is 0.189 e. The molecule has 17 heteroatoms. The van der Waals surface area contributed by atoms with Crippen LogP contribution in [0, 0.1) is 0 Å². The Morgan fingerprint density at radius 2 is 1.39 bits per heavy atom. The van der Waals surface area contributed by atoms with Crippen LogP contribution in [0.3, 0.4) is 0 Å². The maximum absolute atomic E-state index is 11.3. The highest BCUT2D eigenvalue weighted by atomic mass is 16.8. The number of ether oxygens (including phenoxy) is 5. The predicted octanol–water partition coefficient (Wildman–Crippen LogP) is -6.05. The van der Waals surface area contributed by atoms with E-state index in [9.17, 15) is 30.6 Å². The van der Waals surface area contributed by atoms with Gasteiger partial charge in [0.2, 0.25) is 0 Å². The zero-order valence-corrected chi connectivity index (χ0v) is 25.0. The lowest BCUT2D eigenvalue weighted by Crippen LogP contribution is -2.70. The van der Waals surface area contributed by atoms with Gasteiger partial charge in [-0.25, -0.2) is 0 Å². The standard InChI is InChI=1S/C27H52N6O11/c1-32-17-20(37)24-14(7-13(31)25(43-24)42-23-12(30)6-11(29)18(35)21(23)38)40-26(17)44-27-22(39)19(36)16(15(8-34)41-27)33-10-4-2-9(28)3-5-10/h9-27,32-39H,2-8,28-31H2,1H3/t9?,10?,11-,12?,13?,14+,15?,16-,17?,18?,19?,20?,21?,22?,23-,24?,25+,26?,27-/m1/s1. The minimum atomic E-state index is -1.49. The summed E-state index contributed by atoms with van der Waals surface area (Å²) in [4.78, 5) is 0. The number of hydrogen-bond donors (Lipinski definition) is 12. The average Bonchev–Trinajstić information content (AvgIpc) is 2.99. The van der Waals surface area contributed by atoms with E-state index in [4.69, 9.17) is 46.6 Å². The Balaban J connectivity index is 1.22. The SMILES string of the molecule is CNC1C(O[C@H]2OC(CO)[C@@H](NC3CCC(N)CC3)C(O)C2O)O[C@H]2CC(N)[C@@H](O[C@@H]3C(N)C[C@@H](N)C(O)C3O)OC2C1O. The van der Waals surface area contributed by atoms with Gasteiger partial charge in [0.25, 0.3) is 0 Å². The number of aliphatic hydroxyl groups excluding tert-OH is 6. The second kappa shape index (κ2) is 14.6. The van der Waals surface area contributed by atoms with E-state index in [0.717, 1.165) is 25.7 Å². The monoisotopic (exact) mass is 636 g/mol. The molecule has 0 radical (unpaired) electrons. The summed E-state index contributed by atoms with van der Waals surface area (Å²) in [5.74, 6) is 0. The maximum atomic E-state index is 11.3. The first-order valence-corrected chi connectivity index (χ1v) is 15.7. The van der Waals surface area contributed by atoms with Gasteiger partial charge in [0.15, 0.2) is 18.9 Å². The van der Waals surface area contributed by atoms with Crippen molar-refractivity contribution in [1.29, 1.82) is 0 Å². The molecule has 17 atom stereocenters. The molecule has 2 aliphatic carbocycles. The Kier molecular flexibility index (Phi) is 11.5. The lowest BCUT2D eigenvalue weighted by atomic mass is 9.84. The Labute approximate surface area is 256 Å². The van der Waals surface area contributed by atoms with E-state index >= 15 is 0 Å². The van der Waals surface area contributed by atoms with Crippen LogP contribution >= 0.6 is 0 Å². The van der Waals surface area contributed by atoms with Gasteiger partial charge in [0, 0.05) is 24.2 Å². The fourth-order valence-corrected chi connectivity index (χ4v) is 7.19. The summed E-state index contributed by atoms with van der Waals surface area (Å²) in [5, 5.41) is 70.5. The minimum absolute atomic E-state index is 0.0577. The number of hydrogen-bond acceptors (Lipinski definition) is 17. The third-order valence-electron chi connectivity index (χ3n) is 9.89. The van der Waals surface area contributed by atoms with Crippen molar-refractivity contribution < 1.29 is 54.3 Å². The van der Waals surface area contributed by atoms with Crippen LogP contribution < -0.4 is 33.6 Å². The molecule has 0 aromatic heterocycles. The second-order valence-corrected chi connectivity index (χ2v) is 13.0. The number of nitrogens with one attached hydrogen (secondary N) is 2. The van der Waals surface area contributed by atoms with Gasteiger partial charge < -0.3 is 87.9 Å². The molecular formula is C27H52N6O11. The van der Waals surface area contributed by atoms with Gasteiger partial charge in [-0.05, 0) is 45.6 Å². The van der Waals surface area contributed by atoms with Crippen molar-refractivity contribution in [3.05, 3.63) is 0 Å². The Morgan fingerprint density at radius 1 is 0.682 bits per heavy atom. The molecule has 5 aliphatic rings. The summed E-state index contributed by atoms with van der Waals surface area (Å²) in [7, 11) is 1.58. The molecular weight excluding hydrogens is 584 g/mol. The van der Waals surface area contributed by atoms with Crippen LogP contribution in [0.5, 0.6) is 0 Å². The van der Waals surface area contributed by atoms with Gasteiger partial charge in [-0.15, -0.1) is 0 Å². The topological polar surface area (TPSA) is 296 Å². The lowest BCUT2D eigenvalue weighted by Gasteiger charge is -2.51. The first-order chi connectivity index (χ1) is 20.9. The van der Waals surface area contributed by atoms with E-state index in [1.165, 1.54) is 0 Å². The normalized spacial score (nSPS) is 53.7. The number of rotatable bonds is 8. The van der Waals surface area contributed by atoms with Crippen LogP contribution in [-0.4, -0.2) is 160 Å². The molecule has 0 aromatic rings. The van der Waals surface area contributed by atoms with Crippen LogP contribution in [0.2, 0.25) is 0 Å². The molecule has 16 N–H and O–H groups in total. The first-order valence-electron chi connectivity index (χ1n) is 15.7.